The van der Waals surface area contributed by atoms with Gasteiger partial charge in [0.1, 0.15) is 0 Å². The Kier molecular flexibility index (Phi) is 1.91. The Bertz CT molecular complexity index is 921. The monoisotopic (exact) mass is 257 g/mol. The number of para-hydroxylation sites is 1. The third-order valence-corrected chi connectivity index (χ3v) is 4.75. The standard InChI is InChI=1S/C19H15N/c1-2-6-13-12(5-1)11-17-14(13)9-10-16-15-7-3-4-8-18(15)20-19(16)17/h1,3-5,7-10,20H,2,6,11H2. The van der Waals surface area contributed by atoms with E-state index in [0.29, 0.717) is 0 Å². The molecule has 0 saturated heterocycles. The van der Waals surface area contributed by atoms with E-state index >= 15 is 0 Å². The van der Waals surface area contributed by atoms with Crippen LogP contribution in [0.25, 0.3) is 27.4 Å². The summed E-state index contributed by atoms with van der Waals surface area (Å²) in [5, 5.41) is 2.70. The Morgan fingerprint density at radius 1 is 0.950 bits per heavy atom. The number of aromatic amines is 1. The van der Waals surface area contributed by atoms with Gasteiger partial charge >= 0.3 is 0 Å². The van der Waals surface area contributed by atoms with Gasteiger partial charge in [-0.3, -0.25) is 0 Å². The first-order chi connectivity index (χ1) is 9.92. The molecule has 1 nitrogen and oxygen atoms in total. The summed E-state index contributed by atoms with van der Waals surface area (Å²) in [5.41, 5.74) is 8.65. The lowest BCUT2D eigenvalue weighted by Crippen LogP contribution is -1.87. The molecule has 1 N–H and O–H groups in total. The Labute approximate surface area is 117 Å². The minimum absolute atomic E-state index is 1.09. The molecule has 5 rings (SSSR count). The maximum Gasteiger partial charge on any atom is 0.0506 e. The molecule has 0 atom stereocenters. The largest absolute Gasteiger partial charge is 0.354 e. The van der Waals surface area contributed by atoms with Crippen molar-refractivity contribution in [2.24, 2.45) is 0 Å². The number of aromatic nitrogens is 1. The van der Waals surface area contributed by atoms with E-state index in [2.05, 4.69) is 53.5 Å². The SMILES string of the molecule is C1=CC2=C(CC1)c1ccc3c([nH]c4ccccc43)c1C2. The highest BCUT2D eigenvalue weighted by Gasteiger charge is 2.24. The van der Waals surface area contributed by atoms with E-state index in [1.54, 1.807) is 5.57 Å². The lowest BCUT2D eigenvalue weighted by molar-refractivity contribution is 1.04. The molecule has 1 heterocycles. The molecule has 2 aromatic carbocycles. The van der Waals surface area contributed by atoms with Gasteiger partial charge in [0.05, 0.1) is 5.52 Å². The summed E-state index contributed by atoms with van der Waals surface area (Å²) >= 11 is 0. The van der Waals surface area contributed by atoms with Crippen molar-refractivity contribution in [3.63, 3.8) is 0 Å². The number of rotatable bonds is 0. The molecule has 96 valence electrons. The van der Waals surface area contributed by atoms with Gasteiger partial charge in [0.15, 0.2) is 0 Å². The second-order valence-corrected chi connectivity index (χ2v) is 5.81. The molecule has 0 bridgehead atoms. The fourth-order valence-corrected chi connectivity index (χ4v) is 3.82. The van der Waals surface area contributed by atoms with Crippen molar-refractivity contribution in [2.45, 2.75) is 19.3 Å². The Balaban J connectivity index is 1.86. The van der Waals surface area contributed by atoms with Gasteiger partial charge in [-0.25, -0.2) is 0 Å². The van der Waals surface area contributed by atoms with E-state index in [1.807, 2.05) is 0 Å². The molecule has 3 aromatic rings. The van der Waals surface area contributed by atoms with Crippen molar-refractivity contribution in [1.82, 2.24) is 4.98 Å². The summed E-state index contributed by atoms with van der Waals surface area (Å²) in [4.78, 5) is 3.64. The van der Waals surface area contributed by atoms with Gasteiger partial charge in [-0.1, -0.05) is 42.5 Å². The van der Waals surface area contributed by atoms with Gasteiger partial charge in [0, 0.05) is 22.7 Å². The van der Waals surface area contributed by atoms with E-state index in [4.69, 9.17) is 0 Å². The van der Waals surface area contributed by atoms with E-state index in [0.717, 1.165) is 6.42 Å². The van der Waals surface area contributed by atoms with Crippen LogP contribution < -0.4 is 0 Å². The van der Waals surface area contributed by atoms with E-state index < -0.39 is 0 Å². The van der Waals surface area contributed by atoms with Crippen LogP contribution in [0.15, 0.2) is 54.1 Å². The van der Waals surface area contributed by atoms with Crippen LogP contribution in [0, 0.1) is 0 Å². The normalized spacial score (nSPS) is 17.0. The number of H-pyrrole nitrogens is 1. The number of nitrogens with one attached hydrogen (secondary N) is 1. The summed E-state index contributed by atoms with van der Waals surface area (Å²) in [6.07, 6.45) is 8.11. The molecular formula is C19H15N. The van der Waals surface area contributed by atoms with Crippen molar-refractivity contribution in [3.8, 4) is 0 Å². The predicted molar refractivity (Wildman–Crippen MR) is 84.8 cm³/mol. The van der Waals surface area contributed by atoms with Gasteiger partial charge in [0.25, 0.3) is 0 Å². The van der Waals surface area contributed by atoms with Gasteiger partial charge < -0.3 is 4.98 Å². The summed E-state index contributed by atoms with van der Waals surface area (Å²) in [5.74, 6) is 0. The first-order valence-electron chi connectivity index (χ1n) is 7.33. The van der Waals surface area contributed by atoms with Crippen LogP contribution in [-0.4, -0.2) is 4.98 Å². The second-order valence-electron chi connectivity index (χ2n) is 5.81. The topological polar surface area (TPSA) is 15.8 Å². The van der Waals surface area contributed by atoms with Crippen LogP contribution in [0.1, 0.15) is 24.0 Å². The molecule has 0 spiro atoms. The molecular weight excluding hydrogens is 242 g/mol. The Morgan fingerprint density at radius 2 is 1.90 bits per heavy atom. The number of hydrogen-bond acceptors (Lipinski definition) is 0. The van der Waals surface area contributed by atoms with Gasteiger partial charge in [0.2, 0.25) is 0 Å². The summed E-state index contributed by atoms with van der Waals surface area (Å²) in [6, 6.07) is 13.2. The van der Waals surface area contributed by atoms with Crippen molar-refractivity contribution < 1.29 is 0 Å². The van der Waals surface area contributed by atoms with Gasteiger partial charge in [-0.05, 0) is 41.2 Å². The summed E-state index contributed by atoms with van der Waals surface area (Å²) in [7, 11) is 0. The van der Waals surface area contributed by atoms with E-state index in [1.165, 1.54) is 51.3 Å². The molecule has 0 aliphatic heterocycles. The maximum atomic E-state index is 3.64. The molecule has 2 aliphatic rings. The van der Waals surface area contributed by atoms with Crippen molar-refractivity contribution in [2.75, 3.05) is 0 Å². The van der Waals surface area contributed by atoms with Crippen LogP contribution in [0.3, 0.4) is 0 Å². The number of hydrogen-bond donors (Lipinski definition) is 1. The average molecular weight is 257 g/mol. The summed E-state index contributed by atoms with van der Waals surface area (Å²) in [6.45, 7) is 0. The quantitative estimate of drug-likeness (QED) is 0.584. The van der Waals surface area contributed by atoms with Crippen molar-refractivity contribution in [1.29, 1.82) is 0 Å². The zero-order valence-corrected chi connectivity index (χ0v) is 11.2. The molecule has 1 aromatic heterocycles. The lowest BCUT2D eigenvalue weighted by atomic mass is 9.96. The number of benzene rings is 2. The summed E-state index contributed by atoms with van der Waals surface area (Å²) < 4.78 is 0. The van der Waals surface area contributed by atoms with Crippen LogP contribution in [0.4, 0.5) is 0 Å². The maximum absolute atomic E-state index is 3.64. The highest BCUT2D eigenvalue weighted by molar-refractivity contribution is 6.10. The first-order valence-corrected chi connectivity index (χ1v) is 7.33. The minimum Gasteiger partial charge on any atom is -0.354 e. The van der Waals surface area contributed by atoms with Crippen LogP contribution in [0.2, 0.25) is 0 Å². The fourth-order valence-electron chi connectivity index (χ4n) is 3.82. The molecule has 2 aliphatic carbocycles. The van der Waals surface area contributed by atoms with Crippen LogP contribution >= 0.6 is 0 Å². The Morgan fingerprint density at radius 3 is 2.90 bits per heavy atom. The lowest BCUT2D eigenvalue weighted by Gasteiger charge is -2.08. The fraction of sp³-hybridized carbons (Fsp3) is 0.158. The molecule has 0 radical (unpaired) electrons. The van der Waals surface area contributed by atoms with E-state index in [-0.39, 0.29) is 0 Å². The van der Waals surface area contributed by atoms with Gasteiger partial charge in [-0.15, -0.1) is 0 Å². The molecule has 0 amide bonds. The van der Waals surface area contributed by atoms with Crippen molar-refractivity contribution >= 4 is 27.4 Å². The zero-order chi connectivity index (χ0) is 13.1. The molecule has 0 unspecified atom stereocenters. The third kappa shape index (κ3) is 1.23. The number of fused-ring (bicyclic) bond motifs is 6. The van der Waals surface area contributed by atoms with Gasteiger partial charge in [-0.2, -0.15) is 0 Å². The third-order valence-electron chi connectivity index (χ3n) is 4.75. The zero-order valence-electron chi connectivity index (χ0n) is 11.2. The van der Waals surface area contributed by atoms with Crippen molar-refractivity contribution in [3.05, 3.63) is 65.3 Å². The smallest absolute Gasteiger partial charge is 0.0506 e. The molecule has 0 saturated carbocycles. The highest BCUT2D eigenvalue weighted by Crippen LogP contribution is 2.42. The second kappa shape index (κ2) is 3.63. The molecule has 1 heteroatoms. The minimum atomic E-state index is 1.09. The average Bonchev–Trinajstić information content (AvgIpc) is 3.05. The first kappa shape index (κ1) is 10.5. The molecule has 0 fully saturated rings. The number of allylic oxidation sites excluding steroid dienone is 4. The molecule has 20 heavy (non-hydrogen) atoms. The predicted octanol–water partition coefficient (Wildman–Crippen LogP) is 4.98. The van der Waals surface area contributed by atoms with Crippen LogP contribution in [0.5, 0.6) is 0 Å². The van der Waals surface area contributed by atoms with E-state index in [9.17, 15) is 0 Å². The Hall–Kier alpha value is -2.28. The van der Waals surface area contributed by atoms with Crippen LogP contribution in [-0.2, 0) is 6.42 Å². The highest BCUT2D eigenvalue weighted by atomic mass is 14.7.